The van der Waals surface area contributed by atoms with Crippen molar-refractivity contribution in [3.8, 4) is 0 Å². The molecular formula is C13H13IO3. The molecule has 0 amide bonds. The fourth-order valence-electron chi connectivity index (χ4n) is 1.98. The quantitative estimate of drug-likeness (QED) is 0.795. The van der Waals surface area contributed by atoms with E-state index in [0.717, 1.165) is 14.5 Å². The normalized spacial score (nSPS) is 12.0. The number of carboxylic acid groups (broad SMARTS) is 1. The van der Waals surface area contributed by atoms with Crippen LogP contribution in [-0.4, -0.2) is 11.1 Å². The van der Waals surface area contributed by atoms with E-state index in [9.17, 15) is 9.90 Å². The highest BCUT2D eigenvalue weighted by molar-refractivity contribution is 14.1. The predicted molar refractivity (Wildman–Crippen MR) is 74.6 cm³/mol. The smallest absolute Gasteiger partial charge is 0.372 e. The number of hydrogen-bond acceptors (Lipinski definition) is 2. The summed E-state index contributed by atoms with van der Waals surface area (Å²) in [5.74, 6) is -0.960. The molecule has 4 heteroatoms. The van der Waals surface area contributed by atoms with Crippen molar-refractivity contribution in [3.63, 3.8) is 0 Å². The molecule has 0 fully saturated rings. The van der Waals surface area contributed by atoms with Crippen molar-refractivity contribution in [1.82, 2.24) is 0 Å². The Morgan fingerprint density at radius 3 is 2.53 bits per heavy atom. The van der Waals surface area contributed by atoms with Gasteiger partial charge in [0.05, 0.1) is 3.57 Å². The van der Waals surface area contributed by atoms with Crippen molar-refractivity contribution >= 4 is 39.5 Å². The van der Waals surface area contributed by atoms with Gasteiger partial charge in [0.2, 0.25) is 5.76 Å². The lowest BCUT2D eigenvalue weighted by Gasteiger charge is -2.17. The van der Waals surface area contributed by atoms with Gasteiger partial charge >= 0.3 is 5.97 Å². The molecule has 2 aromatic rings. The Balaban J connectivity index is 2.91. The molecule has 1 aromatic heterocycles. The summed E-state index contributed by atoms with van der Waals surface area (Å²) in [6.07, 6.45) is 0. The molecule has 0 aliphatic heterocycles. The first kappa shape index (κ1) is 12.4. The summed E-state index contributed by atoms with van der Waals surface area (Å²) in [6.45, 7) is 5.97. The van der Waals surface area contributed by atoms with E-state index in [1.54, 1.807) is 0 Å². The molecule has 1 aromatic carbocycles. The van der Waals surface area contributed by atoms with E-state index in [-0.39, 0.29) is 11.2 Å². The largest absolute Gasteiger partial charge is 0.475 e. The number of rotatable bonds is 1. The lowest BCUT2D eigenvalue weighted by Crippen LogP contribution is -2.15. The molecular weight excluding hydrogens is 331 g/mol. The number of furan rings is 1. The topological polar surface area (TPSA) is 50.4 Å². The molecule has 0 radical (unpaired) electrons. The minimum absolute atomic E-state index is 0.0524. The summed E-state index contributed by atoms with van der Waals surface area (Å²) >= 11 is 2.15. The fraction of sp³-hybridized carbons (Fsp3) is 0.308. The van der Waals surface area contributed by atoms with Gasteiger partial charge < -0.3 is 9.52 Å². The van der Waals surface area contributed by atoms with Crippen molar-refractivity contribution in [3.05, 3.63) is 33.1 Å². The lowest BCUT2D eigenvalue weighted by atomic mass is 9.85. The van der Waals surface area contributed by atoms with Gasteiger partial charge in [0.15, 0.2) is 0 Å². The molecule has 90 valence electrons. The van der Waals surface area contributed by atoms with Crippen LogP contribution in [0.15, 0.2) is 22.6 Å². The van der Waals surface area contributed by atoms with Crippen LogP contribution < -0.4 is 0 Å². The molecule has 2 rings (SSSR count). The highest BCUT2D eigenvalue weighted by atomic mass is 127. The number of carbonyl (C=O) groups is 1. The number of para-hydroxylation sites is 1. The van der Waals surface area contributed by atoms with Crippen LogP contribution in [0.2, 0.25) is 0 Å². The summed E-state index contributed by atoms with van der Waals surface area (Å²) in [5.41, 5.74) is 1.16. The van der Waals surface area contributed by atoms with Crippen LogP contribution in [0.5, 0.6) is 0 Å². The molecule has 3 nitrogen and oxygen atoms in total. The van der Waals surface area contributed by atoms with Crippen LogP contribution in [0.4, 0.5) is 0 Å². The molecule has 0 saturated carbocycles. The van der Waals surface area contributed by atoms with Crippen LogP contribution >= 0.6 is 22.6 Å². The van der Waals surface area contributed by atoms with Crippen LogP contribution in [-0.2, 0) is 5.41 Å². The van der Waals surface area contributed by atoms with Gasteiger partial charge in [-0.1, -0.05) is 32.9 Å². The van der Waals surface area contributed by atoms with Gasteiger partial charge in [0, 0.05) is 10.9 Å². The van der Waals surface area contributed by atoms with Gasteiger partial charge in [-0.15, -0.1) is 0 Å². The first-order valence-corrected chi connectivity index (χ1v) is 6.35. The molecule has 17 heavy (non-hydrogen) atoms. The van der Waals surface area contributed by atoms with Crippen LogP contribution in [0, 0.1) is 3.57 Å². The molecule has 0 unspecified atom stereocenters. The number of aromatic carboxylic acids is 1. The zero-order chi connectivity index (χ0) is 12.8. The Bertz CT molecular complexity index is 590. The standard InChI is InChI=1S/C13H13IO3/c1-13(2,3)9-7-5-4-6-8(14)10(7)17-11(9)12(15)16/h4-6H,1-3H3,(H,15,16). The minimum Gasteiger partial charge on any atom is -0.475 e. The minimum atomic E-state index is -1.01. The Morgan fingerprint density at radius 2 is 2.00 bits per heavy atom. The Hall–Kier alpha value is -1.04. The van der Waals surface area contributed by atoms with Gasteiger partial charge in [0.25, 0.3) is 0 Å². The number of halogens is 1. The molecule has 0 aliphatic carbocycles. The first-order chi connectivity index (χ1) is 7.82. The zero-order valence-electron chi connectivity index (χ0n) is 9.87. The number of carboxylic acids is 1. The van der Waals surface area contributed by atoms with Crippen molar-refractivity contribution < 1.29 is 14.3 Å². The second kappa shape index (κ2) is 4.01. The number of benzene rings is 1. The summed E-state index contributed by atoms with van der Waals surface area (Å²) in [5, 5.41) is 10.1. The van der Waals surface area contributed by atoms with E-state index >= 15 is 0 Å². The average molecular weight is 344 g/mol. The summed E-state index contributed by atoms with van der Waals surface area (Å²) in [4.78, 5) is 11.3. The third-order valence-corrected chi connectivity index (χ3v) is 3.46. The van der Waals surface area contributed by atoms with Crippen molar-refractivity contribution in [2.24, 2.45) is 0 Å². The molecule has 0 aliphatic rings. The highest BCUT2D eigenvalue weighted by Crippen LogP contribution is 2.37. The van der Waals surface area contributed by atoms with Gasteiger partial charge in [-0.25, -0.2) is 4.79 Å². The number of fused-ring (bicyclic) bond motifs is 1. The Labute approximate surface area is 113 Å². The molecule has 0 bridgehead atoms. The van der Waals surface area contributed by atoms with Crippen molar-refractivity contribution in [1.29, 1.82) is 0 Å². The van der Waals surface area contributed by atoms with E-state index < -0.39 is 5.97 Å². The van der Waals surface area contributed by atoms with Gasteiger partial charge in [-0.3, -0.25) is 0 Å². The first-order valence-electron chi connectivity index (χ1n) is 5.27. The van der Waals surface area contributed by atoms with Gasteiger partial charge in [0.1, 0.15) is 5.58 Å². The Kier molecular flexibility index (Phi) is 2.93. The fourth-order valence-corrected chi connectivity index (χ4v) is 2.59. The summed E-state index contributed by atoms with van der Waals surface area (Å²) in [6, 6.07) is 5.74. The van der Waals surface area contributed by atoms with Crippen LogP contribution in [0.3, 0.4) is 0 Å². The maximum Gasteiger partial charge on any atom is 0.372 e. The zero-order valence-corrected chi connectivity index (χ0v) is 12.0. The molecule has 0 saturated heterocycles. The molecule has 1 N–H and O–H groups in total. The summed E-state index contributed by atoms with van der Waals surface area (Å²) < 4.78 is 6.44. The maximum absolute atomic E-state index is 11.3. The lowest BCUT2D eigenvalue weighted by molar-refractivity contribution is 0.0661. The second-order valence-electron chi connectivity index (χ2n) is 4.98. The van der Waals surface area contributed by atoms with Crippen molar-refractivity contribution in [2.75, 3.05) is 0 Å². The van der Waals surface area contributed by atoms with Crippen molar-refractivity contribution in [2.45, 2.75) is 26.2 Å². The third-order valence-electron chi connectivity index (χ3n) is 2.61. The van der Waals surface area contributed by atoms with E-state index in [2.05, 4.69) is 22.6 Å². The maximum atomic E-state index is 11.3. The Morgan fingerprint density at radius 1 is 1.35 bits per heavy atom. The van der Waals surface area contributed by atoms with Crippen LogP contribution in [0.1, 0.15) is 36.9 Å². The second-order valence-corrected chi connectivity index (χ2v) is 6.14. The van der Waals surface area contributed by atoms with Crippen LogP contribution in [0.25, 0.3) is 11.0 Å². The predicted octanol–water partition coefficient (Wildman–Crippen LogP) is 4.03. The molecule has 0 spiro atoms. The molecule has 1 heterocycles. The monoisotopic (exact) mass is 344 g/mol. The van der Waals surface area contributed by atoms with Gasteiger partial charge in [-0.05, 0) is 34.1 Å². The van der Waals surface area contributed by atoms with E-state index in [1.807, 2.05) is 39.0 Å². The highest BCUT2D eigenvalue weighted by Gasteiger charge is 2.29. The molecule has 0 atom stereocenters. The third kappa shape index (κ3) is 2.06. The number of hydrogen-bond donors (Lipinski definition) is 1. The van der Waals surface area contributed by atoms with Gasteiger partial charge in [-0.2, -0.15) is 0 Å². The SMILES string of the molecule is CC(C)(C)c1c(C(=O)O)oc2c(I)cccc12. The van der Waals surface area contributed by atoms with E-state index in [4.69, 9.17) is 4.42 Å². The van der Waals surface area contributed by atoms with E-state index in [0.29, 0.717) is 5.58 Å². The van der Waals surface area contributed by atoms with E-state index in [1.165, 1.54) is 0 Å². The average Bonchev–Trinajstić information content (AvgIpc) is 2.57. The summed E-state index contributed by atoms with van der Waals surface area (Å²) in [7, 11) is 0.